The van der Waals surface area contributed by atoms with E-state index in [0.29, 0.717) is 35.9 Å². The lowest BCUT2D eigenvalue weighted by Crippen LogP contribution is -2.10. The number of ether oxygens (including phenoxy) is 1. The number of anilines is 1. The third-order valence-corrected chi connectivity index (χ3v) is 6.80. The van der Waals surface area contributed by atoms with Crippen LogP contribution in [0.25, 0.3) is 33.5 Å². The number of carbonyl (C=O) groups is 1. The van der Waals surface area contributed by atoms with Gasteiger partial charge in [-0.1, -0.05) is 25.1 Å². The van der Waals surface area contributed by atoms with Gasteiger partial charge in [0, 0.05) is 23.1 Å². The van der Waals surface area contributed by atoms with Crippen molar-refractivity contribution in [2.45, 2.75) is 33.7 Å². The van der Waals surface area contributed by atoms with Crippen LogP contribution in [0.4, 0.5) is 5.69 Å². The second-order valence-corrected chi connectivity index (χ2v) is 9.14. The average Bonchev–Trinajstić information content (AvgIpc) is 3.37. The van der Waals surface area contributed by atoms with Crippen LogP contribution in [-0.2, 0) is 17.7 Å². The number of benzene rings is 2. The van der Waals surface area contributed by atoms with E-state index in [9.17, 15) is 4.79 Å². The Morgan fingerprint density at radius 2 is 1.94 bits per heavy atom. The summed E-state index contributed by atoms with van der Waals surface area (Å²) in [6.45, 7) is 6.63. The monoisotopic (exact) mass is 532 g/mol. The van der Waals surface area contributed by atoms with Gasteiger partial charge in [0.05, 0.1) is 17.6 Å². The number of carbonyl (C=O) groups excluding carboxylic acids is 1. The average molecular weight is 533 g/mol. The van der Waals surface area contributed by atoms with Crippen LogP contribution in [0.15, 0.2) is 57.4 Å². The van der Waals surface area contributed by atoms with E-state index in [-0.39, 0.29) is 0 Å². The molecule has 0 saturated heterocycles. The van der Waals surface area contributed by atoms with Crippen molar-refractivity contribution in [3.05, 3.63) is 75.6 Å². The van der Waals surface area contributed by atoms with Gasteiger partial charge >= 0.3 is 5.97 Å². The van der Waals surface area contributed by atoms with E-state index < -0.39 is 5.97 Å². The lowest BCUT2D eigenvalue weighted by atomic mass is 10.1. The Bertz CT molecular complexity index is 1580. The predicted molar refractivity (Wildman–Crippen MR) is 140 cm³/mol. The Kier molecular flexibility index (Phi) is 6.06. The van der Waals surface area contributed by atoms with Crippen molar-refractivity contribution >= 4 is 49.7 Å². The molecule has 8 heteroatoms. The first-order valence-electron chi connectivity index (χ1n) is 11.5. The van der Waals surface area contributed by atoms with Gasteiger partial charge in [0.2, 0.25) is 0 Å². The van der Waals surface area contributed by atoms with Crippen LogP contribution in [-0.4, -0.2) is 27.1 Å². The number of hydrogen-bond acceptors (Lipinski definition) is 6. The number of aryl methyl sites for hydroxylation is 2. The zero-order chi connectivity index (χ0) is 24.7. The predicted octanol–water partition coefficient (Wildman–Crippen LogP) is 6.29. The number of furan rings is 1. The fourth-order valence-electron chi connectivity index (χ4n) is 4.31. The van der Waals surface area contributed by atoms with Crippen molar-refractivity contribution in [2.24, 2.45) is 0 Å². The molecule has 5 aromatic rings. The first kappa shape index (κ1) is 23.1. The second kappa shape index (κ2) is 9.19. The molecule has 0 radical (unpaired) electrons. The lowest BCUT2D eigenvalue weighted by Gasteiger charge is -2.09. The van der Waals surface area contributed by atoms with Gasteiger partial charge in [-0.25, -0.2) is 14.8 Å². The molecule has 2 aromatic carbocycles. The van der Waals surface area contributed by atoms with E-state index in [2.05, 4.69) is 38.5 Å². The first-order chi connectivity index (χ1) is 16.9. The van der Waals surface area contributed by atoms with Gasteiger partial charge in [-0.3, -0.25) is 0 Å². The summed E-state index contributed by atoms with van der Waals surface area (Å²) in [5, 5.41) is 0.958. The molecule has 2 N–H and O–H groups in total. The fourth-order valence-corrected chi connectivity index (χ4v) is 4.91. The van der Waals surface area contributed by atoms with Gasteiger partial charge in [-0.2, -0.15) is 0 Å². The van der Waals surface area contributed by atoms with Gasteiger partial charge in [-0.15, -0.1) is 0 Å². The van der Waals surface area contributed by atoms with Crippen molar-refractivity contribution in [3.8, 4) is 11.3 Å². The minimum Gasteiger partial charge on any atom is -0.461 e. The smallest absolute Gasteiger partial charge is 0.357 e. The number of para-hydroxylation sites is 1. The molecule has 5 rings (SSSR count). The number of nitrogens with zero attached hydrogens (tertiary/aromatic N) is 3. The number of pyridine rings is 1. The molecule has 7 nitrogen and oxygen atoms in total. The Balaban J connectivity index is 1.59. The number of aromatic nitrogens is 3. The molecule has 0 atom stereocenters. The number of rotatable bonds is 6. The Morgan fingerprint density at radius 3 is 2.69 bits per heavy atom. The van der Waals surface area contributed by atoms with Crippen molar-refractivity contribution in [3.63, 3.8) is 0 Å². The largest absolute Gasteiger partial charge is 0.461 e. The normalized spacial score (nSPS) is 11.4. The van der Waals surface area contributed by atoms with Crippen LogP contribution < -0.4 is 5.73 Å². The summed E-state index contributed by atoms with van der Waals surface area (Å²) in [4.78, 5) is 21.8. The number of nitrogen functional groups attached to an aromatic ring is 1. The van der Waals surface area contributed by atoms with Crippen LogP contribution in [0, 0.1) is 6.92 Å². The van der Waals surface area contributed by atoms with Gasteiger partial charge < -0.3 is 19.5 Å². The minimum absolute atomic E-state index is 0.291. The van der Waals surface area contributed by atoms with E-state index in [1.807, 2.05) is 43.3 Å². The Hall–Kier alpha value is -3.65. The van der Waals surface area contributed by atoms with Crippen molar-refractivity contribution in [1.82, 2.24) is 14.5 Å². The molecule has 0 aliphatic carbocycles. The quantitative estimate of drug-likeness (QED) is 0.204. The fraction of sp³-hybridized carbons (Fsp3) is 0.222. The van der Waals surface area contributed by atoms with E-state index in [1.54, 1.807) is 13.0 Å². The van der Waals surface area contributed by atoms with Crippen LogP contribution in [0.2, 0.25) is 0 Å². The lowest BCUT2D eigenvalue weighted by molar-refractivity contribution is 0.0519. The van der Waals surface area contributed by atoms with Crippen molar-refractivity contribution in [1.29, 1.82) is 0 Å². The molecule has 178 valence electrons. The highest BCUT2D eigenvalue weighted by atomic mass is 79.9. The minimum atomic E-state index is -0.431. The summed E-state index contributed by atoms with van der Waals surface area (Å²) >= 11 is 3.72. The van der Waals surface area contributed by atoms with Gasteiger partial charge in [0.1, 0.15) is 16.9 Å². The number of imidazole rings is 1. The Morgan fingerprint density at radius 1 is 1.14 bits per heavy atom. The number of nitrogens with two attached hydrogens (primary N) is 1. The van der Waals surface area contributed by atoms with E-state index in [0.717, 1.165) is 49.9 Å². The summed E-state index contributed by atoms with van der Waals surface area (Å²) in [6, 6.07) is 15.5. The molecule has 0 saturated carbocycles. The third kappa shape index (κ3) is 4.08. The standard InChI is InChI=1S/C27H25BrN4O3/c1-4-22-31-24-15(3)12-20(27(33)34-5-2)30-26(24)32(22)14-16-10-11-21-18(13-16)23(28)25(35-21)17-8-6-7-9-19(17)29/h6-13H,4-5,14,29H2,1-3H3. The molecule has 3 aromatic heterocycles. The zero-order valence-corrected chi connectivity index (χ0v) is 21.3. The zero-order valence-electron chi connectivity index (χ0n) is 19.8. The van der Waals surface area contributed by atoms with Crippen LogP contribution >= 0.6 is 15.9 Å². The van der Waals surface area contributed by atoms with Crippen molar-refractivity contribution < 1.29 is 13.9 Å². The second-order valence-electron chi connectivity index (χ2n) is 8.35. The molecular formula is C27H25BrN4O3. The molecule has 0 bridgehead atoms. The molecule has 0 spiro atoms. The summed E-state index contributed by atoms with van der Waals surface area (Å²) < 4.78 is 14.2. The number of halogens is 1. The molecular weight excluding hydrogens is 508 g/mol. The highest BCUT2D eigenvalue weighted by Crippen LogP contribution is 2.40. The summed E-state index contributed by atoms with van der Waals surface area (Å²) in [7, 11) is 0. The van der Waals surface area contributed by atoms with Gasteiger partial charge in [0.25, 0.3) is 0 Å². The maximum atomic E-state index is 12.4. The first-order valence-corrected chi connectivity index (χ1v) is 12.3. The number of hydrogen-bond donors (Lipinski definition) is 1. The molecule has 0 aliphatic heterocycles. The van der Waals surface area contributed by atoms with E-state index in [4.69, 9.17) is 19.9 Å². The Labute approximate surface area is 211 Å². The highest BCUT2D eigenvalue weighted by molar-refractivity contribution is 9.10. The van der Waals surface area contributed by atoms with Crippen LogP contribution in [0.1, 0.15) is 41.3 Å². The number of fused-ring (bicyclic) bond motifs is 2. The SMILES string of the molecule is CCOC(=O)c1cc(C)c2nc(CC)n(Cc3ccc4oc(-c5ccccc5N)c(Br)c4c3)c2n1. The number of esters is 1. The maximum absolute atomic E-state index is 12.4. The molecule has 3 heterocycles. The van der Waals surface area contributed by atoms with Crippen LogP contribution in [0.3, 0.4) is 0 Å². The molecule has 0 fully saturated rings. The highest BCUT2D eigenvalue weighted by Gasteiger charge is 2.20. The third-order valence-electron chi connectivity index (χ3n) is 6.01. The van der Waals surface area contributed by atoms with E-state index in [1.165, 1.54) is 0 Å². The van der Waals surface area contributed by atoms with Crippen molar-refractivity contribution in [2.75, 3.05) is 12.3 Å². The summed E-state index contributed by atoms with van der Waals surface area (Å²) in [6.07, 6.45) is 0.736. The molecule has 0 unspecified atom stereocenters. The molecule has 0 amide bonds. The topological polar surface area (TPSA) is 96.2 Å². The molecule has 35 heavy (non-hydrogen) atoms. The van der Waals surface area contributed by atoms with Crippen LogP contribution in [0.5, 0.6) is 0 Å². The van der Waals surface area contributed by atoms with Gasteiger partial charge in [-0.05, 0) is 71.2 Å². The summed E-state index contributed by atoms with van der Waals surface area (Å²) in [5.41, 5.74) is 12.2. The van der Waals surface area contributed by atoms with Gasteiger partial charge in [0.15, 0.2) is 17.1 Å². The maximum Gasteiger partial charge on any atom is 0.357 e. The molecule has 0 aliphatic rings. The summed E-state index contributed by atoms with van der Waals surface area (Å²) in [5.74, 6) is 1.18. The van der Waals surface area contributed by atoms with E-state index >= 15 is 0 Å².